The van der Waals surface area contributed by atoms with Crippen molar-refractivity contribution in [2.45, 2.75) is 18.9 Å². The minimum Gasteiger partial charge on any atom is -0.403 e. The van der Waals surface area contributed by atoms with Crippen LogP contribution in [0.3, 0.4) is 0 Å². The first-order valence-corrected chi connectivity index (χ1v) is 8.61. The number of amides is 1. The van der Waals surface area contributed by atoms with Crippen LogP contribution >= 0.6 is 0 Å². The smallest absolute Gasteiger partial charge is 0.403 e. The Hall–Kier alpha value is -2.85. The van der Waals surface area contributed by atoms with Crippen LogP contribution in [0, 0.1) is 16.6 Å². The lowest BCUT2D eigenvalue weighted by Gasteiger charge is -2.40. The van der Waals surface area contributed by atoms with Gasteiger partial charge in [0.15, 0.2) is 17.7 Å². The molecular formula is C17H19F4N4O3+. The van der Waals surface area contributed by atoms with E-state index >= 15 is 0 Å². The quantitative estimate of drug-likeness (QED) is 0.464. The zero-order valence-electron chi connectivity index (χ0n) is 14.8. The molecule has 3 rings (SSSR count). The number of nitrogens with zero attached hydrogens (tertiary/aromatic N) is 3. The van der Waals surface area contributed by atoms with Crippen molar-refractivity contribution in [2.75, 3.05) is 31.1 Å². The third kappa shape index (κ3) is 4.34. The van der Waals surface area contributed by atoms with Crippen LogP contribution in [0.15, 0.2) is 30.9 Å². The Kier molecular flexibility index (Phi) is 5.43. The number of hydrogen-bond acceptors (Lipinski definition) is 4. The molecule has 2 heterocycles. The Morgan fingerprint density at radius 2 is 2.14 bits per heavy atom. The standard InChI is InChI=1S/C17H18F4N4O3/c1-2-15(26)22-8-11-9-23(16-5-6-25(27)24(16)10-11)12-3-4-14(13(18)7-12)28-17(19,20)21/h2-4,7,11,16H,1,5-6,8-10H2/p+1. The van der Waals surface area contributed by atoms with Gasteiger partial charge in [-0.3, -0.25) is 4.79 Å². The Labute approximate surface area is 158 Å². The number of hydrogen-bond donors (Lipinski definition) is 1. The summed E-state index contributed by atoms with van der Waals surface area (Å²) in [5, 5.41) is 4.24. The molecular weight excluding hydrogens is 384 g/mol. The molecule has 2 aliphatic heterocycles. The molecule has 0 aromatic heterocycles. The van der Waals surface area contributed by atoms with Crippen molar-refractivity contribution in [2.24, 2.45) is 5.92 Å². The lowest BCUT2D eigenvalue weighted by molar-refractivity contribution is -0.692. The predicted molar refractivity (Wildman–Crippen MR) is 90.7 cm³/mol. The molecule has 7 nitrogen and oxygen atoms in total. The van der Waals surface area contributed by atoms with Crippen molar-refractivity contribution in [3.8, 4) is 5.75 Å². The van der Waals surface area contributed by atoms with E-state index in [9.17, 15) is 27.3 Å². The van der Waals surface area contributed by atoms with Gasteiger partial charge in [0.2, 0.25) is 12.5 Å². The first-order chi connectivity index (χ1) is 13.2. The van der Waals surface area contributed by atoms with Crippen LogP contribution < -0.4 is 15.0 Å². The van der Waals surface area contributed by atoms with E-state index in [-0.39, 0.29) is 31.1 Å². The van der Waals surface area contributed by atoms with Crippen LogP contribution in [0.1, 0.15) is 6.42 Å². The van der Waals surface area contributed by atoms with Gasteiger partial charge in [-0.2, -0.15) is 0 Å². The topological polar surface area (TPSA) is 64.9 Å². The number of benzene rings is 1. The van der Waals surface area contributed by atoms with E-state index in [2.05, 4.69) is 16.6 Å². The highest BCUT2D eigenvalue weighted by molar-refractivity contribution is 5.86. The minimum atomic E-state index is -4.99. The SMILES string of the molecule is C=CC(=O)NCC1CN(c2ccc(OC(F)(F)F)c(F)c2)C2CC[N+](=O)N2C1. The second-order valence-corrected chi connectivity index (χ2v) is 6.60. The number of halogens is 4. The summed E-state index contributed by atoms with van der Waals surface area (Å²) in [5.41, 5.74) is 0.331. The van der Waals surface area contributed by atoms with Crippen molar-refractivity contribution in [1.82, 2.24) is 10.3 Å². The molecule has 2 unspecified atom stereocenters. The zero-order chi connectivity index (χ0) is 20.5. The van der Waals surface area contributed by atoms with Gasteiger partial charge in [0.25, 0.3) is 0 Å². The molecule has 2 fully saturated rings. The molecule has 2 aliphatic rings. The number of nitrogens with one attached hydrogen (secondary N) is 1. The average molecular weight is 403 g/mol. The van der Waals surface area contributed by atoms with Crippen molar-refractivity contribution in [3.05, 3.63) is 41.6 Å². The second kappa shape index (κ2) is 7.64. The Morgan fingerprint density at radius 3 is 2.79 bits per heavy atom. The number of carbonyl (C=O) groups excluding carboxylic acids is 1. The molecule has 2 atom stereocenters. The number of rotatable bonds is 5. The van der Waals surface area contributed by atoms with Gasteiger partial charge in [0.05, 0.1) is 17.9 Å². The first-order valence-electron chi connectivity index (χ1n) is 8.61. The summed E-state index contributed by atoms with van der Waals surface area (Å²) in [5.74, 6) is -2.57. The summed E-state index contributed by atoms with van der Waals surface area (Å²) >= 11 is 0. The van der Waals surface area contributed by atoms with Crippen molar-refractivity contribution in [1.29, 1.82) is 0 Å². The third-order valence-corrected chi connectivity index (χ3v) is 4.69. The fraction of sp³-hybridized carbons (Fsp3) is 0.471. The van der Waals surface area contributed by atoms with Crippen molar-refractivity contribution in [3.63, 3.8) is 0 Å². The van der Waals surface area contributed by atoms with E-state index in [1.807, 2.05) is 0 Å². The summed E-state index contributed by atoms with van der Waals surface area (Å²) in [6.45, 7) is 4.70. The number of alkyl halides is 3. The molecule has 0 spiro atoms. The zero-order valence-corrected chi connectivity index (χ0v) is 14.8. The molecule has 0 aliphatic carbocycles. The molecule has 1 N–H and O–H groups in total. The van der Waals surface area contributed by atoms with Gasteiger partial charge < -0.3 is 15.0 Å². The van der Waals surface area contributed by atoms with E-state index in [1.54, 1.807) is 9.91 Å². The van der Waals surface area contributed by atoms with Gasteiger partial charge in [0, 0.05) is 30.8 Å². The lowest BCUT2D eigenvalue weighted by Crippen LogP contribution is -2.57. The van der Waals surface area contributed by atoms with Gasteiger partial charge in [-0.1, -0.05) is 6.58 Å². The monoisotopic (exact) mass is 403 g/mol. The summed E-state index contributed by atoms with van der Waals surface area (Å²) in [6, 6.07) is 3.19. The normalized spacial score (nSPS) is 22.1. The summed E-state index contributed by atoms with van der Waals surface area (Å²) in [7, 11) is 0. The Morgan fingerprint density at radius 1 is 1.39 bits per heavy atom. The van der Waals surface area contributed by atoms with Crippen LogP contribution in [0.4, 0.5) is 23.2 Å². The molecule has 1 aromatic rings. The predicted octanol–water partition coefficient (Wildman–Crippen LogP) is 2.19. The second-order valence-electron chi connectivity index (χ2n) is 6.60. The van der Waals surface area contributed by atoms with Crippen molar-refractivity contribution < 1.29 is 32.0 Å². The lowest BCUT2D eigenvalue weighted by atomic mass is 10.0. The average Bonchev–Trinajstić information content (AvgIpc) is 3.01. The molecule has 0 saturated carbocycles. The molecule has 0 bridgehead atoms. The maximum Gasteiger partial charge on any atom is 0.573 e. The molecule has 1 aromatic carbocycles. The molecule has 0 radical (unpaired) electrons. The molecule has 1 amide bonds. The highest BCUT2D eigenvalue weighted by atomic mass is 19.4. The summed E-state index contributed by atoms with van der Waals surface area (Å²) < 4.78 is 54.8. The van der Waals surface area contributed by atoms with Crippen LogP contribution in [0.2, 0.25) is 0 Å². The number of nitroso groups, excluding NO2 is 1. The molecule has 2 saturated heterocycles. The van der Waals surface area contributed by atoms with Crippen LogP contribution in [-0.4, -0.2) is 54.5 Å². The maximum atomic E-state index is 14.1. The van der Waals surface area contributed by atoms with Gasteiger partial charge in [0.1, 0.15) is 4.87 Å². The molecule has 152 valence electrons. The number of hydrazine groups is 1. The molecule has 11 heteroatoms. The minimum absolute atomic E-state index is 0.149. The summed E-state index contributed by atoms with van der Waals surface area (Å²) in [4.78, 5) is 26.1. The highest BCUT2D eigenvalue weighted by Gasteiger charge is 2.47. The van der Waals surface area contributed by atoms with E-state index in [0.717, 1.165) is 23.1 Å². The fourth-order valence-corrected chi connectivity index (χ4v) is 3.50. The van der Waals surface area contributed by atoms with Gasteiger partial charge >= 0.3 is 6.36 Å². The number of anilines is 1. The van der Waals surface area contributed by atoms with Crippen LogP contribution in [0.5, 0.6) is 5.75 Å². The van der Waals surface area contributed by atoms with Gasteiger partial charge in [-0.05, 0) is 18.2 Å². The van der Waals surface area contributed by atoms with Crippen molar-refractivity contribution >= 4 is 11.6 Å². The number of carbonyl (C=O) groups is 1. The largest absolute Gasteiger partial charge is 0.573 e. The Bertz CT molecular complexity index is 786. The number of ether oxygens (including phenoxy) is 1. The van der Waals surface area contributed by atoms with E-state index in [4.69, 9.17) is 0 Å². The van der Waals surface area contributed by atoms with Gasteiger partial charge in [-0.15, -0.1) is 18.2 Å². The Balaban J connectivity index is 1.81. The number of fused-ring (bicyclic) bond motifs is 1. The third-order valence-electron chi connectivity index (χ3n) is 4.69. The highest BCUT2D eigenvalue weighted by Crippen LogP contribution is 2.34. The molecule has 28 heavy (non-hydrogen) atoms. The first kappa shape index (κ1) is 19.9. The van der Waals surface area contributed by atoms with E-state index in [1.165, 1.54) is 6.07 Å². The van der Waals surface area contributed by atoms with Gasteiger partial charge in [-0.25, -0.2) is 4.39 Å². The van der Waals surface area contributed by atoms with Crippen LogP contribution in [-0.2, 0) is 4.79 Å². The summed E-state index contributed by atoms with van der Waals surface area (Å²) in [6.07, 6.45) is -3.70. The van der Waals surface area contributed by atoms with E-state index in [0.29, 0.717) is 25.2 Å². The maximum absolute atomic E-state index is 14.1. The fourth-order valence-electron chi connectivity index (χ4n) is 3.50. The van der Waals surface area contributed by atoms with E-state index < -0.39 is 17.9 Å². The van der Waals surface area contributed by atoms with Crippen LogP contribution in [0.25, 0.3) is 0 Å².